The second-order valence-electron chi connectivity index (χ2n) is 2.84. The molecule has 0 saturated carbocycles. The highest BCUT2D eigenvalue weighted by molar-refractivity contribution is 5.33. The number of benzene rings is 1. The van der Waals surface area contributed by atoms with Crippen LogP contribution in [0.25, 0.3) is 0 Å². The van der Waals surface area contributed by atoms with Crippen LogP contribution in [-0.4, -0.2) is 5.11 Å². The number of para-hydroxylation sites is 1. The Morgan fingerprint density at radius 2 is 2.08 bits per heavy atom. The Morgan fingerprint density at radius 1 is 1.42 bits per heavy atom. The van der Waals surface area contributed by atoms with Crippen molar-refractivity contribution >= 4 is 0 Å². The van der Waals surface area contributed by atoms with Crippen molar-refractivity contribution in [2.45, 2.75) is 25.9 Å². The summed E-state index contributed by atoms with van der Waals surface area (Å²) in [7, 11) is 0. The van der Waals surface area contributed by atoms with Crippen molar-refractivity contribution in [1.29, 1.82) is 0 Å². The third-order valence-electron chi connectivity index (χ3n) is 1.83. The van der Waals surface area contributed by atoms with E-state index in [9.17, 15) is 10.2 Å². The van der Waals surface area contributed by atoms with E-state index in [1.807, 2.05) is 6.92 Å². The van der Waals surface area contributed by atoms with E-state index in [4.69, 9.17) is 0 Å². The first-order valence-corrected chi connectivity index (χ1v) is 4.19. The fourth-order valence-electron chi connectivity index (χ4n) is 1.18. The van der Waals surface area contributed by atoms with Crippen LogP contribution in [-0.2, 0) is 5.11 Å². The van der Waals surface area contributed by atoms with E-state index in [2.05, 4.69) is 0 Å². The van der Waals surface area contributed by atoms with Crippen LogP contribution >= 0.6 is 0 Å². The Kier molecular flexibility index (Phi) is 3.11. The summed E-state index contributed by atoms with van der Waals surface area (Å²) < 4.78 is 0. The van der Waals surface area contributed by atoms with E-state index < -0.39 is 6.10 Å². The second-order valence-corrected chi connectivity index (χ2v) is 2.84. The van der Waals surface area contributed by atoms with E-state index in [-0.39, 0.29) is 5.75 Å². The molecule has 2 nitrogen and oxygen atoms in total. The Labute approximate surface area is 72.5 Å². The minimum atomic E-state index is -0.781. The van der Waals surface area contributed by atoms with Gasteiger partial charge in [-0.05, 0) is 12.5 Å². The maximum atomic E-state index is 11.4. The lowest BCUT2D eigenvalue weighted by Crippen LogP contribution is -1.94. The highest BCUT2D eigenvalue weighted by Crippen LogP contribution is 2.26. The smallest absolute Gasteiger partial charge is 0.121 e. The average molecular weight is 165 g/mol. The van der Waals surface area contributed by atoms with Crippen molar-refractivity contribution in [3.05, 3.63) is 29.8 Å². The van der Waals surface area contributed by atoms with Crippen LogP contribution < -0.4 is 0 Å². The first kappa shape index (κ1) is 9.07. The molecule has 1 atom stereocenters. The lowest BCUT2D eigenvalue weighted by molar-refractivity contribution is 0.0783. The van der Waals surface area contributed by atoms with Crippen LogP contribution in [0.15, 0.2) is 24.3 Å². The SMILES string of the molecule is CCCC([O])c1ccccc1O. The Balaban J connectivity index is 2.79. The van der Waals surface area contributed by atoms with Gasteiger partial charge in [-0.15, -0.1) is 0 Å². The normalized spacial score (nSPS) is 12.8. The van der Waals surface area contributed by atoms with Gasteiger partial charge in [0.2, 0.25) is 0 Å². The predicted octanol–water partition coefficient (Wildman–Crippen LogP) is 2.66. The molecular formula is C10H13O2. The van der Waals surface area contributed by atoms with Crippen LogP contribution in [0, 0.1) is 0 Å². The molecule has 0 saturated heterocycles. The summed E-state index contributed by atoms with van der Waals surface area (Å²) in [5.74, 6) is 0.117. The average Bonchev–Trinajstić information content (AvgIpc) is 2.05. The summed E-state index contributed by atoms with van der Waals surface area (Å²) in [6.45, 7) is 1.96. The van der Waals surface area contributed by atoms with Gasteiger partial charge in [-0.2, -0.15) is 0 Å². The molecule has 2 heteroatoms. The molecule has 0 heterocycles. The maximum absolute atomic E-state index is 11.4. The number of hydrogen-bond donors (Lipinski definition) is 1. The number of phenols is 1. The quantitative estimate of drug-likeness (QED) is 0.734. The molecule has 0 amide bonds. The molecule has 0 aliphatic rings. The van der Waals surface area contributed by atoms with Crippen LogP contribution in [0.2, 0.25) is 0 Å². The summed E-state index contributed by atoms with van der Waals surface area (Å²) in [6, 6.07) is 6.73. The standard InChI is InChI=1S/C10H13O2/c1-2-5-9(11)8-6-3-4-7-10(8)12/h3-4,6-7,9,12H,2,5H2,1H3. The summed E-state index contributed by atoms with van der Waals surface area (Å²) in [5.41, 5.74) is 0.513. The molecule has 0 aliphatic heterocycles. The van der Waals surface area contributed by atoms with Gasteiger partial charge < -0.3 is 5.11 Å². The van der Waals surface area contributed by atoms with Gasteiger partial charge in [0.25, 0.3) is 0 Å². The second kappa shape index (κ2) is 4.12. The van der Waals surface area contributed by atoms with Crippen molar-refractivity contribution in [1.82, 2.24) is 0 Å². The summed E-state index contributed by atoms with van der Waals surface area (Å²) in [4.78, 5) is 0. The van der Waals surface area contributed by atoms with Gasteiger partial charge in [-0.1, -0.05) is 31.5 Å². The molecule has 1 radical (unpaired) electrons. The fourth-order valence-corrected chi connectivity index (χ4v) is 1.18. The highest BCUT2D eigenvalue weighted by atomic mass is 16.3. The molecule has 12 heavy (non-hydrogen) atoms. The van der Waals surface area contributed by atoms with Gasteiger partial charge in [0.15, 0.2) is 0 Å². The number of phenolic OH excluding ortho intramolecular Hbond substituents is 1. The van der Waals surface area contributed by atoms with E-state index >= 15 is 0 Å². The monoisotopic (exact) mass is 165 g/mol. The lowest BCUT2D eigenvalue weighted by Gasteiger charge is -2.08. The minimum Gasteiger partial charge on any atom is -0.508 e. The summed E-state index contributed by atoms with van der Waals surface area (Å²) in [6.07, 6.45) is 0.649. The molecule has 1 aromatic rings. The number of aromatic hydroxyl groups is 1. The Hall–Kier alpha value is -1.02. The molecule has 1 aromatic carbocycles. The third-order valence-corrected chi connectivity index (χ3v) is 1.83. The molecular weight excluding hydrogens is 152 g/mol. The van der Waals surface area contributed by atoms with Crippen molar-refractivity contribution in [3.8, 4) is 5.75 Å². The fraction of sp³-hybridized carbons (Fsp3) is 0.400. The number of rotatable bonds is 3. The van der Waals surface area contributed by atoms with Gasteiger partial charge in [-0.25, -0.2) is 5.11 Å². The van der Waals surface area contributed by atoms with E-state index in [0.717, 1.165) is 6.42 Å². The topological polar surface area (TPSA) is 40.1 Å². The van der Waals surface area contributed by atoms with Gasteiger partial charge in [-0.3, -0.25) is 0 Å². The first-order valence-electron chi connectivity index (χ1n) is 4.19. The minimum absolute atomic E-state index is 0.117. The maximum Gasteiger partial charge on any atom is 0.121 e. The summed E-state index contributed by atoms with van der Waals surface area (Å²) in [5, 5.41) is 20.7. The Bertz CT molecular complexity index is 245. The predicted molar refractivity (Wildman–Crippen MR) is 46.4 cm³/mol. The van der Waals surface area contributed by atoms with Gasteiger partial charge >= 0.3 is 0 Å². The van der Waals surface area contributed by atoms with Crippen molar-refractivity contribution in [2.75, 3.05) is 0 Å². The Morgan fingerprint density at radius 3 is 2.67 bits per heavy atom. The van der Waals surface area contributed by atoms with Crippen LogP contribution in [0.3, 0.4) is 0 Å². The highest BCUT2D eigenvalue weighted by Gasteiger charge is 2.11. The molecule has 0 aromatic heterocycles. The zero-order valence-electron chi connectivity index (χ0n) is 7.16. The molecule has 1 unspecified atom stereocenters. The van der Waals surface area contributed by atoms with Gasteiger partial charge in [0, 0.05) is 5.56 Å². The van der Waals surface area contributed by atoms with E-state index in [1.54, 1.807) is 24.3 Å². The van der Waals surface area contributed by atoms with Crippen molar-refractivity contribution in [3.63, 3.8) is 0 Å². The largest absolute Gasteiger partial charge is 0.508 e. The van der Waals surface area contributed by atoms with Crippen LogP contribution in [0.1, 0.15) is 31.4 Å². The summed E-state index contributed by atoms with van der Waals surface area (Å²) >= 11 is 0. The molecule has 65 valence electrons. The molecule has 0 fully saturated rings. The molecule has 1 rings (SSSR count). The lowest BCUT2D eigenvalue weighted by atomic mass is 10.0. The molecule has 0 bridgehead atoms. The van der Waals surface area contributed by atoms with Gasteiger partial charge in [0.1, 0.15) is 11.9 Å². The first-order chi connectivity index (χ1) is 5.75. The molecule has 0 spiro atoms. The molecule has 0 aliphatic carbocycles. The third kappa shape index (κ3) is 1.98. The zero-order valence-corrected chi connectivity index (χ0v) is 7.16. The van der Waals surface area contributed by atoms with E-state index in [0.29, 0.717) is 12.0 Å². The van der Waals surface area contributed by atoms with Crippen molar-refractivity contribution < 1.29 is 10.2 Å². The van der Waals surface area contributed by atoms with Crippen molar-refractivity contribution in [2.24, 2.45) is 0 Å². The molecule has 1 N–H and O–H groups in total. The van der Waals surface area contributed by atoms with Gasteiger partial charge in [0.05, 0.1) is 0 Å². The van der Waals surface area contributed by atoms with Crippen LogP contribution in [0.4, 0.5) is 0 Å². The zero-order chi connectivity index (χ0) is 8.97. The van der Waals surface area contributed by atoms with Crippen LogP contribution in [0.5, 0.6) is 5.75 Å². The van der Waals surface area contributed by atoms with E-state index in [1.165, 1.54) is 0 Å². The number of hydrogen-bond acceptors (Lipinski definition) is 1.